The normalized spacial score (nSPS) is 15.2. The fourth-order valence-electron chi connectivity index (χ4n) is 2.40. The summed E-state index contributed by atoms with van der Waals surface area (Å²) in [5, 5.41) is 2.68. The van der Waals surface area contributed by atoms with Crippen molar-refractivity contribution in [1.82, 2.24) is 5.32 Å². The van der Waals surface area contributed by atoms with Crippen molar-refractivity contribution in [3.8, 4) is 0 Å². The van der Waals surface area contributed by atoms with E-state index in [0.717, 1.165) is 0 Å². The monoisotopic (exact) mass is 411 g/mol. The van der Waals surface area contributed by atoms with Crippen LogP contribution >= 0.6 is 0 Å². The van der Waals surface area contributed by atoms with E-state index in [2.05, 4.69) is 5.32 Å². The summed E-state index contributed by atoms with van der Waals surface area (Å²) in [6, 6.07) is 0.600. The molecule has 0 aliphatic heterocycles. The van der Waals surface area contributed by atoms with E-state index in [-0.39, 0.29) is 0 Å². The molecule has 0 radical (unpaired) electrons. The maximum Gasteiger partial charge on any atom is 0.500 e. The van der Waals surface area contributed by atoms with Crippen molar-refractivity contribution in [3.05, 3.63) is 0 Å². The molecule has 0 spiro atoms. The third-order valence-electron chi connectivity index (χ3n) is 3.42. The molecule has 0 aromatic carbocycles. The van der Waals surface area contributed by atoms with Gasteiger partial charge in [0.15, 0.2) is 6.29 Å². The van der Waals surface area contributed by atoms with E-state index in [9.17, 15) is 4.79 Å². The number of rotatable bonds is 16. The molecular weight excluding hydrogens is 374 g/mol. The second-order valence-corrected chi connectivity index (χ2v) is 8.35. The molecule has 1 amide bonds. The van der Waals surface area contributed by atoms with Crippen molar-refractivity contribution in [2.75, 3.05) is 40.1 Å². The lowest BCUT2D eigenvalue weighted by atomic mass is 10.5. The van der Waals surface area contributed by atoms with Crippen LogP contribution < -0.4 is 5.32 Å². The average Bonchev–Trinajstić information content (AvgIpc) is 2.59. The maximum atomic E-state index is 12.1. The highest BCUT2D eigenvalue weighted by Crippen LogP contribution is 2.19. The number of carbonyl (C=O) groups excluding carboxylic acids is 1. The second kappa shape index (κ2) is 14.3. The van der Waals surface area contributed by atoms with Gasteiger partial charge in [-0.3, -0.25) is 4.74 Å². The molecule has 0 aliphatic rings. The highest BCUT2D eigenvalue weighted by molar-refractivity contribution is 6.60. The van der Waals surface area contributed by atoms with Gasteiger partial charge in [-0.1, -0.05) is 0 Å². The van der Waals surface area contributed by atoms with Crippen LogP contribution in [-0.2, 0) is 32.2 Å². The molecule has 162 valence electrons. The number of alkyl carbamates (subject to hydrolysis) is 1. The van der Waals surface area contributed by atoms with Crippen molar-refractivity contribution in [3.63, 3.8) is 0 Å². The van der Waals surface area contributed by atoms with E-state index in [1.54, 1.807) is 13.8 Å². The Morgan fingerprint density at radius 1 is 1.04 bits per heavy atom. The van der Waals surface area contributed by atoms with Crippen LogP contribution in [0.4, 0.5) is 4.79 Å². The van der Waals surface area contributed by atoms with Crippen LogP contribution in [0.1, 0.15) is 48.0 Å². The van der Waals surface area contributed by atoms with Gasteiger partial charge in [0, 0.05) is 46.4 Å². The van der Waals surface area contributed by atoms with Crippen molar-refractivity contribution < 1.29 is 37.0 Å². The molecule has 0 bridgehead atoms. The van der Waals surface area contributed by atoms with Gasteiger partial charge in [0.2, 0.25) is 0 Å². The molecule has 0 rings (SSSR count). The van der Waals surface area contributed by atoms with Gasteiger partial charge >= 0.3 is 20.9 Å². The number of hydrogen-bond acceptors (Lipinski definition) is 8. The predicted octanol–water partition coefficient (Wildman–Crippen LogP) is 2.87. The smallest absolute Gasteiger partial charge is 0.391 e. The number of methoxy groups -OCH3 is 1. The fourth-order valence-corrected chi connectivity index (χ4v) is 5.01. The molecule has 27 heavy (non-hydrogen) atoms. The van der Waals surface area contributed by atoms with E-state index in [0.29, 0.717) is 45.4 Å². The van der Waals surface area contributed by atoms with Crippen LogP contribution in [0.15, 0.2) is 0 Å². The summed E-state index contributed by atoms with van der Waals surface area (Å²) in [7, 11) is -1.22. The summed E-state index contributed by atoms with van der Waals surface area (Å²) in [5.74, 6) is -1.53. The van der Waals surface area contributed by atoms with Crippen LogP contribution in [0.2, 0.25) is 6.04 Å². The number of amides is 1. The Morgan fingerprint density at radius 3 is 2.04 bits per heavy atom. The lowest BCUT2D eigenvalue weighted by Gasteiger charge is -2.31. The number of ether oxygens (including phenoxy) is 4. The highest BCUT2D eigenvalue weighted by Gasteiger charge is 2.39. The zero-order valence-corrected chi connectivity index (χ0v) is 18.8. The van der Waals surface area contributed by atoms with E-state index in [1.165, 1.54) is 14.0 Å². The topological polar surface area (TPSA) is 93.7 Å². The van der Waals surface area contributed by atoms with E-state index >= 15 is 0 Å². The lowest BCUT2D eigenvalue weighted by molar-refractivity contribution is -0.383. The largest absolute Gasteiger partial charge is 0.500 e. The Hall–Kier alpha value is -0.753. The van der Waals surface area contributed by atoms with Crippen molar-refractivity contribution >= 4 is 14.9 Å². The summed E-state index contributed by atoms with van der Waals surface area (Å²) >= 11 is 0. The Bertz CT molecular complexity index is 384. The average molecular weight is 412 g/mol. The zero-order valence-electron chi connectivity index (χ0n) is 17.8. The summed E-state index contributed by atoms with van der Waals surface area (Å²) in [6.45, 7) is 12.9. The van der Waals surface area contributed by atoms with Crippen LogP contribution in [0.25, 0.3) is 0 Å². The van der Waals surface area contributed by atoms with Crippen LogP contribution in [0.5, 0.6) is 0 Å². The molecule has 1 N–H and O–H groups in total. The number of hydrogen-bond donors (Lipinski definition) is 1. The standard InChI is InChI=1S/C17H37NO8Si/c1-8-21-17(6,25-15(5)20-7)26-16(19)18-13-12-14-27(22-9-2,23-10-3)24-11-4/h15H,8-14H2,1-7H3,(H,18,19). The molecule has 2 atom stereocenters. The summed E-state index contributed by atoms with van der Waals surface area (Å²) < 4.78 is 38.5. The van der Waals surface area contributed by atoms with Gasteiger partial charge in [-0.05, 0) is 41.0 Å². The van der Waals surface area contributed by atoms with Gasteiger partial charge in [-0.2, -0.15) is 0 Å². The third kappa shape index (κ3) is 11.0. The molecule has 0 aliphatic carbocycles. The molecular formula is C17H37NO8Si. The van der Waals surface area contributed by atoms with Gasteiger partial charge in [0.05, 0.1) is 6.61 Å². The van der Waals surface area contributed by atoms with Crippen molar-refractivity contribution in [1.29, 1.82) is 0 Å². The first kappa shape index (κ1) is 26.2. The molecule has 0 saturated heterocycles. The van der Waals surface area contributed by atoms with Gasteiger partial charge in [0.1, 0.15) is 0 Å². The van der Waals surface area contributed by atoms with E-state index in [4.69, 9.17) is 32.2 Å². The molecule has 0 saturated carbocycles. The SMILES string of the molecule is CCOC(C)(OC(=O)NCCC[Si](OCC)(OCC)OCC)OC(C)OC. The summed E-state index contributed by atoms with van der Waals surface area (Å²) in [6.07, 6.45) is -0.613. The van der Waals surface area contributed by atoms with Gasteiger partial charge in [0.25, 0.3) is 0 Å². The van der Waals surface area contributed by atoms with Crippen molar-refractivity contribution in [2.45, 2.75) is 66.3 Å². The Kier molecular flexibility index (Phi) is 13.9. The van der Waals surface area contributed by atoms with Crippen LogP contribution in [0.3, 0.4) is 0 Å². The first-order valence-electron chi connectivity index (χ1n) is 9.53. The summed E-state index contributed by atoms with van der Waals surface area (Å²) in [4.78, 5) is 12.1. The molecule has 2 unspecified atom stereocenters. The minimum atomic E-state index is -2.71. The minimum Gasteiger partial charge on any atom is -0.391 e. The first-order valence-corrected chi connectivity index (χ1v) is 11.5. The molecule has 0 fully saturated rings. The molecule has 0 heterocycles. The molecule has 10 heteroatoms. The Balaban J connectivity index is 4.53. The highest BCUT2D eigenvalue weighted by atomic mass is 28.4. The van der Waals surface area contributed by atoms with Gasteiger partial charge in [-0.25, -0.2) is 4.79 Å². The first-order chi connectivity index (χ1) is 12.8. The summed E-state index contributed by atoms with van der Waals surface area (Å²) in [5.41, 5.74) is 0. The van der Waals surface area contributed by atoms with Crippen LogP contribution in [0, 0.1) is 0 Å². The van der Waals surface area contributed by atoms with E-state index in [1.807, 2.05) is 20.8 Å². The van der Waals surface area contributed by atoms with Gasteiger partial charge in [-0.15, -0.1) is 0 Å². The second-order valence-electron chi connectivity index (χ2n) is 5.62. The molecule has 0 aromatic rings. The molecule has 9 nitrogen and oxygen atoms in total. The number of nitrogens with one attached hydrogen (secondary N) is 1. The Morgan fingerprint density at radius 2 is 1.59 bits per heavy atom. The minimum absolute atomic E-state index is 0.311. The van der Waals surface area contributed by atoms with E-state index < -0.39 is 27.2 Å². The fraction of sp³-hybridized carbons (Fsp3) is 0.941. The Labute approximate surface area is 164 Å². The van der Waals surface area contributed by atoms with Crippen LogP contribution in [-0.4, -0.2) is 67.2 Å². The zero-order chi connectivity index (χ0) is 20.8. The number of carbonyl (C=O) groups is 1. The van der Waals surface area contributed by atoms with Crippen molar-refractivity contribution in [2.24, 2.45) is 0 Å². The molecule has 0 aromatic heterocycles. The quantitative estimate of drug-likeness (QED) is 0.235. The maximum absolute atomic E-state index is 12.1. The predicted molar refractivity (Wildman–Crippen MR) is 102 cm³/mol. The van der Waals surface area contributed by atoms with Gasteiger partial charge < -0.3 is 32.8 Å². The third-order valence-corrected chi connectivity index (χ3v) is 6.57. The lowest BCUT2D eigenvalue weighted by Crippen LogP contribution is -2.47.